The Morgan fingerprint density at radius 3 is 2.48 bits per heavy atom. The molecule has 3 rings (SSSR count). The lowest BCUT2D eigenvalue weighted by Gasteiger charge is -2.13. The van der Waals surface area contributed by atoms with Gasteiger partial charge in [0.05, 0.1) is 14.2 Å². The van der Waals surface area contributed by atoms with Crippen LogP contribution in [0.4, 0.5) is 0 Å². The van der Waals surface area contributed by atoms with E-state index < -0.39 is 0 Å². The number of nitrogens with zero attached hydrogens (tertiary/aromatic N) is 3. The zero-order chi connectivity index (χ0) is 16.4. The van der Waals surface area contributed by atoms with Crippen molar-refractivity contribution < 1.29 is 9.47 Å². The van der Waals surface area contributed by atoms with Crippen molar-refractivity contribution in [3.63, 3.8) is 0 Å². The molecule has 0 saturated heterocycles. The fraction of sp³-hybridized carbons (Fsp3) is 0.529. The van der Waals surface area contributed by atoms with Crippen LogP contribution in [-0.2, 0) is 12.3 Å². The van der Waals surface area contributed by atoms with Gasteiger partial charge in [-0.1, -0.05) is 11.8 Å². The SMILES string of the molecule is CCn1c(SCc2cc(OC)c(OC)cc2C)nnc1C1CC1. The van der Waals surface area contributed by atoms with Crippen LogP contribution in [-0.4, -0.2) is 29.0 Å². The maximum atomic E-state index is 5.41. The van der Waals surface area contributed by atoms with Gasteiger partial charge in [-0.25, -0.2) is 0 Å². The lowest BCUT2D eigenvalue weighted by Crippen LogP contribution is -2.02. The van der Waals surface area contributed by atoms with E-state index in [4.69, 9.17) is 9.47 Å². The van der Waals surface area contributed by atoms with E-state index in [-0.39, 0.29) is 0 Å². The summed E-state index contributed by atoms with van der Waals surface area (Å²) in [7, 11) is 3.33. The Bertz CT molecular complexity index is 695. The van der Waals surface area contributed by atoms with Crippen LogP contribution in [0.25, 0.3) is 0 Å². The van der Waals surface area contributed by atoms with Crippen molar-refractivity contribution >= 4 is 11.8 Å². The number of hydrogen-bond acceptors (Lipinski definition) is 5. The second kappa shape index (κ2) is 6.83. The summed E-state index contributed by atoms with van der Waals surface area (Å²) in [6, 6.07) is 4.07. The number of ether oxygens (including phenoxy) is 2. The fourth-order valence-corrected chi connectivity index (χ4v) is 3.74. The van der Waals surface area contributed by atoms with E-state index in [1.807, 2.05) is 6.07 Å². The molecule has 0 spiro atoms. The van der Waals surface area contributed by atoms with Gasteiger partial charge in [-0.2, -0.15) is 0 Å². The highest BCUT2D eigenvalue weighted by molar-refractivity contribution is 7.98. The first-order valence-corrected chi connectivity index (χ1v) is 8.93. The topological polar surface area (TPSA) is 49.2 Å². The minimum Gasteiger partial charge on any atom is -0.493 e. The Labute approximate surface area is 141 Å². The molecule has 5 nitrogen and oxygen atoms in total. The summed E-state index contributed by atoms with van der Waals surface area (Å²) in [5, 5.41) is 9.78. The van der Waals surface area contributed by atoms with Gasteiger partial charge in [0.25, 0.3) is 0 Å². The highest BCUT2D eigenvalue weighted by Gasteiger charge is 2.29. The number of methoxy groups -OCH3 is 2. The predicted molar refractivity (Wildman–Crippen MR) is 91.5 cm³/mol. The lowest BCUT2D eigenvalue weighted by atomic mass is 10.1. The second-order valence-electron chi connectivity index (χ2n) is 5.78. The van der Waals surface area contributed by atoms with Crippen LogP contribution in [0.2, 0.25) is 0 Å². The molecule has 0 aliphatic heterocycles. The van der Waals surface area contributed by atoms with E-state index in [2.05, 4.69) is 34.7 Å². The zero-order valence-electron chi connectivity index (χ0n) is 14.1. The Hall–Kier alpha value is -1.69. The van der Waals surface area contributed by atoms with Gasteiger partial charge < -0.3 is 14.0 Å². The molecule has 1 aromatic heterocycles. The third-order valence-electron chi connectivity index (χ3n) is 4.20. The predicted octanol–water partition coefficient (Wildman–Crippen LogP) is 3.79. The molecule has 0 N–H and O–H groups in total. The molecule has 1 aliphatic carbocycles. The number of thioether (sulfide) groups is 1. The first kappa shape index (κ1) is 16.2. The number of rotatable bonds is 7. The monoisotopic (exact) mass is 333 g/mol. The molecule has 1 aromatic carbocycles. The Morgan fingerprint density at radius 2 is 1.87 bits per heavy atom. The highest BCUT2D eigenvalue weighted by Crippen LogP contribution is 2.40. The quantitative estimate of drug-likeness (QED) is 0.722. The number of aryl methyl sites for hydroxylation is 1. The van der Waals surface area contributed by atoms with Crippen LogP contribution in [0, 0.1) is 6.92 Å². The summed E-state index contributed by atoms with van der Waals surface area (Å²) in [6.07, 6.45) is 2.50. The van der Waals surface area contributed by atoms with Crippen LogP contribution >= 0.6 is 11.8 Å². The van der Waals surface area contributed by atoms with E-state index in [1.165, 1.54) is 24.0 Å². The summed E-state index contributed by atoms with van der Waals surface area (Å²) >= 11 is 1.73. The van der Waals surface area contributed by atoms with Crippen molar-refractivity contribution in [1.29, 1.82) is 0 Å². The Kier molecular flexibility index (Phi) is 4.80. The molecule has 124 valence electrons. The molecule has 1 heterocycles. The summed E-state index contributed by atoms with van der Waals surface area (Å²) in [6.45, 7) is 5.17. The van der Waals surface area contributed by atoms with E-state index in [1.54, 1.807) is 26.0 Å². The molecular formula is C17H23N3O2S. The smallest absolute Gasteiger partial charge is 0.191 e. The molecule has 23 heavy (non-hydrogen) atoms. The van der Waals surface area contributed by atoms with E-state index in [0.717, 1.165) is 34.8 Å². The van der Waals surface area contributed by atoms with Crippen LogP contribution in [0.15, 0.2) is 17.3 Å². The second-order valence-corrected chi connectivity index (χ2v) is 6.72. The van der Waals surface area contributed by atoms with Gasteiger partial charge in [-0.05, 0) is 49.9 Å². The molecule has 0 radical (unpaired) electrons. The summed E-state index contributed by atoms with van der Waals surface area (Å²) in [5.74, 6) is 4.16. The molecule has 6 heteroatoms. The van der Waals surface area contributed by atoms with Crippen molar-refractivity contribution in [3.8, 4) is 11.5 Å². The molecular weight excluding hydrogens is 310 g/mol. The number of aromatic nitrogens is 3. The summed E-state index contributed by atoms with van der Waals surface area (Å²) in [4.78, 5) is 0. The van der Waals surface area contributed by atoms with Crippen LogP contribution in [0.5, 0.6) is 11.5 Å². The summed E-state index contributed by atoms with van der Waals surface area (Å²) < 4.78 is 13.0. The largest absolute Gasteiger partial charge is 0.493 e. The maximum Gasteiger partial charge on any atom is 0.191 e. The normalized spacial score (nSPS) is 14.1. The van der Waals surface area contributed by atoms with Gasteiger partial charge >= 0.3 is 0 Å². The third kappa shape index (κ3) is 3.32. The van der Waals surface area contributed by atoms with Gasteiger partial charge in [0, 0.05) is 18.2 Å². The number of hydrogen-bond donors (Lipinski definition) is 0. The van der Waals surface area contributed by atoms with Crippen LogP contribution in [0.3, 0.4) is 0 Å². The average Bonchev–Trinajstić information content (AvgIpc) is 3.33. The van der Waals surface area contributed by atoms with Gasteiger partial charge in [0.15, 0.2) is 16.7 Å². The fourth-order valence-electron chi connectivity index (χ4n) is 2.67. The molecule has 0 unspecified atom stereocenters. The molecule has 1 aliphatic rings. The molecule has 0 bridgehead atoms. The molecule has 1 fully saturated rings. The van der Waals surface area contributed by atoms with E-state index in [0.29, 0.717) is 5.92 Å². The van der Waals surface area contributed by atoms with Gasteiger partial charge in [-0.3, -0.25) is 0 Å². The van der Waals surface area contributed by atoms with E-state index >= 15 is 0 Å². The first-order valence-electron chi connectivity index (χ1n) is 7.95. The van der Waals surface area contributed by atoms with Crippen LogP contribution in [0.1, 0.15) is 42.6 Å². The molecule has 0 amide bonds. The van der Waals surface area contributed by atoms with Crippen molar-refractivity contribution in [3.05, 3.63) is 29.1 Å². The third-order valence-corrected chi connectivity index (χ3v) is 5.22. The Morgan fingerprint density at radius 1 is 1.17 bits per heavy atom. The minimum atomic E-state index is 0.625. The van der Waals surface area contributed by atoms with Crippen LogP contribution < -0.4 is 9.47 Å². The van der Waals surface area contributed by atoms with Crippen molar-refractivity contribution in [1.82, 2.24) is 14.8 Å². The maximum absolute atomic E-state index is 5.41. The Balaban J connectivity index is 1.78. The minimum absolute atomic E-state index is 0.625. The van der Waals surface area contributed by atoms with Crippen molar-refractivity contribution in [2.75, 3.05) is 14.2 Å². The van der Waals surface area contributed by atoms with Crippen molar-refractivity contribution in [2.45, 2.75) is 50.1 Å². The average molecular weight is 333 g/mol. The molecule has 1 saturated carbocycles. The van der Waals surface area contributed by atoms with Crippen molar-refractivity contribution in [2.24, 2.45) is 0 Å². The molecule has 0 atom stereocenters. The standard InChI is InChI=1S/C17H23N3O2S/c1-5-20-16(12-6-7-12)18-19-17(20)23-10-13-9-15(22-4)14(21-3)8-11(13)2/h8-9,12H,5-7,10H2,1-4H3. The van der Waals surface area contributed by atoms with E-state index in [9.17, 15) is 0 Å². The highest BCUT2D eigenvalue weighted by atomic mass is 32.2. The van der Waals surface area contributed by atoms with Gasteiger partial charge in [0.1, 0.15) is 5.82 Å². The zero-order valence-corrected chi connectivity index (χ0v) is 14.9. The molecule has 2 aromatic rings. The first-order chi connectivity index (χ1) is 11.2. The van der Waals surface area contributed by atoms with Gasteiger partial charge in [0.2, 0.25) is 0 Å². The van der Waals surface area contributed by atoms with Gasteiger partial charge in [-0.15, -0.1) is 10.2 Å². The lowest BCUT2D eigenvalue weighted by molar-refractivity contribution is 0.354. The number of benzene rings is 1. The summed E-state index contributed by atoms with van der Waals surface area (Å²) in [5.41, 5.74) is 2.42.